The van der Waals surface area contributed by atoms with Gasteiger partial charge < -0.3 is 48.8 Å². The van der Waals surface area contributed by atoms with Gasteiger partial charge in [-0.2, -0.15) is 0 Å². The van der Waals surface area contributed by atoms with Gasteiger partial charge in [-0.3, -0.25) is 4.79 Å². The third-order valence-electron chi connectivity index (χ3n) is 13.0. The summed E-state index contributed by atoms with van der Waals surface area (Å²) in [5, 5.41) is 41.8. The number of aliphatic carboxylic acids is 1. The van der Waals surface area contributed by atoms with Gasteiger partial charge in [0.05, 0.1) is 66.5 Å². The predicted octanol–water partition coefficient (Wildman–Crippen LogP) is 3.89. The first-order valence-corrected chi connectivity index (χ1v) is 18.1. The van der Waals surface area contributed by atoms with Crippen LogP contribution in [0, 0.1) is 35.5 Å². The molecule has 0 saturated carbocycles. The standard InChI is InChI=1S/C36H62O11.Na/c1-10-34(31-20(3)16-26(43-31)28-19(2)15-21(4)36(41,18-37)46-28)12-11-27(44-34)33(8)13-14-35(47-33)17-25(38)22(5)30(45-35)23(6)29(42-9)24(7)32(39)40;/h19-31,37-38,41H,10-18H2,1-9H3,(H,39,40);. The molecular formula is C36H62NaO11. The van der Waals surface area contributed by atoms with Gasteiger partial charge in [0.25, 0.3) is 0 Å². The normalized spacial score (nSPS) is 49.8. The zero-order chi connectivity index (χ0) is 34.7. The number of methoxy groups -OCH3 is 1. The minimum Gasteiger partial charge on any atom is -0.481 e. The second-order valence-electron chi connectivity index (χ2n) is 16.3. The Morgan fingerprint density at radius 1 is 1.02 bits per heavy atom. The average Bonchev–Trinajstić information content (AvgIpc) is 3.73. The number of hydrogen-bond donors (Lipinski definition) is 4. The number of aliphatic hydroxyl groups is 3. The van der Waals surface area contributed by atoms with Crippen molar-refractivity contribution in [3.63, 3.8) is 0 Å². The largest absolute Gasteiger partial charge is 0.481 e. The van der Waals surface area contributed by atoms with Crippen LogP contribution in [0.2, 0.25) is 0 Å². The molecule has 5 saturated heterocycles. The monoisotopic (exact) mass is 693 g/mol. The summed E-state index contributed by atoms with van der Waals surface area (Å²) < 4.78 is 39.4. The molecule has 5 aliphatic heterocycles. The van der Waals surface area contributed by atoms with Crippen LogP contribution >= 0.6 is 0 Å². The minimum absolute atomic E-state index is 0. The van der Waals surface area contributed by atoms with Gasteiger partial charge >= 0.3 is 5.97 Å². The molecule has 1 spiro atoms. The van der Waals surface area contributed by atoms with Crippen LogP contribution < -0.4 is 0 Å². The van der Waals surface area contributed by atoms with Gasteiger partial charge in [0, 0.05) is 67.3 Å². The van der Waals surface area contributed by atoms with Gasteiger partial charge in [0.2, 0.25) is 0 Å². The molecule has 273 valence electrons. The number of hydrogen-bond acceptors (Lipinski definition) is 10. The van der Waals surface area contributed by atoms with E-state index in [4.69, 9.17) is 28.4 Å². The molecule has 5 aliphatic rings. The molecule has 12 heteroatoms. The Morgan fingerprint density at radius 2 is 1.71 bits per heavy atom. The summed E-state index contributed by atoms with van der Waals surface area (Å²) in [7, 11) is 1.52. The summed E-state index contributed by atoms with van der Waals surface area (Å²) in [6, 6.07) is 0. The number of rotatable bonds is 10. The van der Waals surface area contributed by atoms with Crippen LogP contribution in [0.3, 0.4) is 0 Å². The molecular weight excluding hydrogens is 631 g/mol. The minimum atomic E-state index is -1.56. The second-order valence-corrected chi connectivity index (χ2v) is 16.3. The van der Waals surface area contributed by atoms with E-state index >= 15 is 0 Å². The van der Waals surface area contributed by atoms with E-state index in [1.54, 1.807) is 6.92 Å². The summed E-state index contributed by atoms with van der Waals surface area (Å²) in [5.74, 6) is -4.52. The van der Waals surface area contributed by atoms with E-state index in [9.17, 15) is 25.2 Å². The molecule has 5 rings (SSSR count). The first kappa shape index (κ1) is 40.9. The number of ether oxygens (including phenoxy) is 6. The zero-order valence-corrected chi connectivity index (χ0v) is 33.0. The van der Waals surface area contributed by atoms with Crippen LogP contribution in [-0.2, 0) is 33.2 Å². The van der Waals surface area contributed by atoms with Crippen molar-refractivity contribution < 1.29 is 53.6 Å². The SMILES string of the molecule is CCC1(C2OC(C3OC(O)(CO)C(C)CC3C)CC2C)CCC(C2(C)CCC3(CC(O)C(C)C(C(C)C(OC)C(C)C(=O)O)O3)O2)O1.[Na]. The molecule has 0 aromatic heterocycles. The van der Waals surface area contributed by atoms with Crippen LogP contribution in [0.5, 0.6) is 0 Å². The molecule has 5 fully saturated rings. The molecule has 0 aromatic rings. The van der Waals surface area contributed by atoms with Crippen LogP contribution in [0.15, 0.2) is 0 Å². The first-order valence-electron chi connectivity index (χ1n) is 18.1. The number of carboxylic acids is 1. The fourth-order valence-electron chi connectivity index (χ4n) is 9.91. The van der Waals surface area contributed by atoms with Crippen LogP contribution in [0.4, 0.5) is 0 Å². The van der Waals surface area contributed by atoms with Crippen LogP contribution in [0.1, 0.15) is 107 Å². The Hall–Kier alpha value is 0.110. The van der Waals surface area contributed by atoms with Crippen molar-refractivity contribution in [2.45, 2.75) is 172 Å². The molecule has 0 bridgehead atoms. The first-order chi connectivity index (χ1) is 22.0. The van der Waals surface area contributed by atoms with Crippen molar-refractivity contribution in [3.05, 3.63) is 0 Å². The van der Waals surface area contributed by atoms with E-state index in [2.05, 4.69) is 27.7 Å². The molecule has 0 amide bonds. The van der Waals surface area contributed by atoms with Crippen LogP contribution in [0.25, 0.3) is 0 Å². The molecule has 4 N–H and O–H groups in total. The Bertz CT molecular complexity index is 1110. The van der Waals surface area contributed by atoms with E-state index in [1.165, 1.54) is 7.11 Å². The second kappa shape index (κ2) is 15.2. The maximum Gasteiger partial charge on any atom is 0.308 e. The number of carboxylic acid groups (broad SMARTS) is 1. The summed E-state index contributed by atoms with van der Waals surface area (Å²) in [5.41, 5.74) is -1.15. The third kappa shape index (κ3) is 7.33. The summed E-state index contributed by atoms with van der Waals surface area (Å²) in [4.78, 5) is 11.8. The molecule has 5 heterocycles. The quantitative estimate of drug-likeness (QED) is 0.247. The van der Waals surface area contributed by atoms with E-state index in [1.807, 2.05) is 20.8 Å². The summed E-state index contributed by atoms with van der Waals surface area (Å²) in [6.07, 6.45) is 2.99. The van der Waals surface area contributed by atoms with Crippen molar-refractivity contribution in [3.8, 4) is 0 Å². The Balaban J connectivity index is 0.00000520. The predicted molar refractivity (Wildman–Crippen MR) is 178 cm³/mol. The van der Waals surface area contributed by atoms with Crippen molar-refractivity contribution in [1.82, 2.24) is 0 Å². The fourth-order valence-corrected chi connectivity index (χ4v) is 9.91. The van der Waals surface area contributed by atoms with E-state index in [-0.39, 0.29) is 83.6 Å². The van der Waals surface area contributed by atoms with E-state index < -0.39 is 59.6 Å². The molecule has 17 atom stereocenters. The smallest absolute Gasteiger partial charge is 0.308 e. The Morgan fingerprint density at radius 3 is 2.31 bits per heavy atom. The zero-order valence-electron chi connectivity index (χ0n) is 31.0. The summed E-state index contributed by atoms with van der Waals surface area (Å²) in [6.45, 7) is 15.6. The van der Waals surface area contributed by atoms with Gasteiger partial charge in [0.15, 0.2) is 11.6 Å². The molecule has 0 aromatic carbocycles. The van der Waals surface area contributed by atoms with E-state index in [0.717, 1.165) is 32.1 Å². The Kier molecular flexibility index (Phi) is 13.0. The van der Waals surface area contributed by atoms with Crippen LogP contribution in [-0.4, -0.2) is 135 Å². The Labute approximate surface area is 309 Å². The van der Waals surface area contributed by atoms with Gasteiger partial charge in [-0.05, 0) is 64.2 Å². The number of aliphatic hydroxyl groups excluding tert-OH is 2. The maximum atomic E-state index is 11.8. The molecule has 1 radical (unpaired) electrons. The third-order valence-corrected chi connectivity index (χ3v) is 13.0. The number of carbonyl (C=O) groups is 1. The molecule has 17 unspecified atom stereocenters. The van der Waals surface area contributed by atoms with Crippen molar-refractivity contribution >= 4 is 35.5 Å². The molecule has 48 heavy (non-hydrogen) atoms. The van der Waals surface area contributed by atoms with Gasteiger partial charge in [0.1, 0.15) is 0 Å². The summed E-state index contributed by atoms with van der Waals surface area (Å²) >= 11 is 0. The fraction of sp³-hybridized carbons (Fsp3) is 0.972. The van der Waals surface area contributed by atoms with Gasteiger partial charge in [-0.15, -0.1) is 0 Å². The van der Waals surface area contributed by atoms with Gasteiger partial charge in [-0.25, -0.2) is 0 Å². The van der Waals surface area contributed by atoms with Crippen molar-refractivity contribution in [2.75, 3.05) is 13.7 Å². The molecule has 11 nitrogen and oxygen atoms in total. The van der Waals surface area contributed by atoms with Crippen molar-refractivity contribution in [2.24, 2.45) is 35.5 Å². The topological polar surface area (TPSA) is 153 Å². The van der Waals surface area contributed by atoms with Gasteiger partial charge in [-0.1, -0.05) is 41.5 Å². The van der Waals surface area contributed by atoms with E-state index in [0.29, 0.717) is 19.3 Å². The molecule has 0 aliphatic carbocycles. The maximum absolute atomic E-state index is 11.8. The average molecular weight is 694 g/mol. The van der Waals surface area contributed by atoms with Crippen molar-refractivity contribution in [1.29, 1.82) is 0 Å².